The van der Waals surface area contributed by atoms with Gasteiger partial charge in [0.1, 0.15) is 11.3 Å². The lowest BCUT2D eigenvalue weighted by Crippen LogP contribution is -2.24. The summed E-state index contributed by atoms with van der Waals surface area (Å²) in [5, 5.41) is 0. The van der Waals surface area contributed by atoms with Crippen molar-refractivity contribution in [1.29, 1.82) is 0 Å². The quantitative estimate of drug-likeness (QED) is 0.750. The molecule has 0 fully saturated rings. The first-order valence-corrected chi connectivity index (χ1v) is 6.34. The topological polar surface area (TPSA) is 38.7 Å². The number of hydrogen-bond acceptors (Lipinski definition) is 2. The van der Waals surface area contributed by atoms with E-state index in [0.717, 1.165) is 0 Å². The van der Waals surface area contributed by atoms with E-state index < -0.39 is 23.8 Å². The van der Waals surface area contributed by atoms with E-state index in [1.165, 1.54) is 12.1 Å². The van der Waals surface area contributed by atoms with Crippen molar-refractivity contribution in [3.63, 3.8) is 0 Å². The van der Waals surface area contributed by atoms with Crippen LogP contribution in [0.3, 0.4) is 0 Å². The Hall–Kier alpha value is -1.30. The maximum Gasteiger partial charge on any atom is 0.434 e. The number of ether oxygens (including phenoxy) is 1. The Balaban J connectivity index is 3.05. The van der Waals surface area contributed by atoms with E-state index in [2.05, 4.69) is 20.9 Å². The van der Waals surface area contributed by atoms with E-state index in [-0.39, 0.29) is 5.56 Å². The number of hydrogen-bond donors (Lipinski definition) is 0. The van der Waals surface area contributed by atoms with Crippen LogP contribution in [0.25, 0.3) is 0 Å². The molecule has 6 heteroatoms. The second-order valence-corrected chi connectivity index (χ2v) is 5.70. The molecule has 1 aromatic rings. The maximum absolute atomic E-state index is 13.0. The fourth-order valence-corrected chi connectivity index (χ4v) is 1.67. The largest absolute Gasteiger partial charge is 0.442 e. The van der Waals surface area contributed by atoms with Crippen LogP contribution in [0.2, 0.25) is 0 Å². The first-order chi connectivity index (χ1) is 8.69. The predicted molar refractivity (Wildman–Crippen MR) is 72.9 cm³/mol. The van der Waals surface area contributed by atoms with Gasteiger partial charge in [0.25, 0.3) is 6.43 Å². The van der Waals surface area contributed by atoms with E-state index in [0.29, 0.717) is 4.47 Å². The minimum absolute atomic E-state index is 0.176. The van der Waals surface area contributed by atoms with E-state index in [9.17, 15) is 13.6 Å². The van der Waals surface area contributed by atoms with E-state index in [4.69, 9.17) is 4.74 Å². The summed E-state index contributed by atoms with van der Waals surface area (Å²) in [7, 11) is 0. The molecule has 0 spiro atoms. The zero-order valence-electron chi connectivity index (χ0n) is 10.8. The zero-order chi connectivity index (χ0) is 14.6. The van der Waals surface area contributed by atoms with Crippen molar-refractivity contribution < 1.29 is 18.3 Å². The number of rotatable bonds is 2. The first kappa shape index (κ1) is 15.8. The van der Waals surface area contributed by atoms with Crippen LogP contribution in [-0.4, -0.2) is 23.8 Å². The molecule has 104 valence electrons. The summed E-state index contributed by atoms with van der Waals surface area (Å²) >= 11 is 3.18. The molecule has 0 radical (unpaired) electrons. The highest BCUT2D eigenvalue weighted by Gasteiger charge is 2.21. The average Bonchev–Trinajstić information content (AvgIpc) is 2.23. The fraction of sp³-hybridized carbons (Fsp3) is 0.385. The van der Waals surface area contributed by atoms with Crippen molar-refractivity contribution >= 4 is 27.7 Å². The van der Waals surface area contributed by atoms with Crippen LogP contribution in [0.4, 0.5) is 13.6 Å². The second-order valence-electron chi connectivity index (χ2n) is 4.79. The van der Waals surface area contributed by atoms with Gasteiger partial charge in [-0.25, -0.2) is 13.6 Å². The summed E-state index contributed by atoms with van der Waals surface area (Å²) in [6, 6.07) is 6.21. The molecule has 0 aliphatic rings. The minimum atomic E-state index is -2.86. The van der Waals surface area contributed by atoms with Crippen molar-refractivity contribution in [2.24, 2.45) is 4.99 Å². The van der Waals surface area contributed by atoms with Crippen molar-refractivity contribution in [3.8, 4) is 0 Å². The summed E-state index contributed by atoms with van der Waals surface area (Å²) in [5.74, 6) is 0. The summed E-state index contributed by atoms with van der Waals surface area (Å²) in [4.78, 5) is 14.8. The first-order valence-electron chi connectivity index (χ1n) is 5.55. The van der Waals surface area contributed by atoms with Crippen molar-refractivity contribution in [1.82, 2.24) is 0 Å². The highest BCUT2D eigenvalue weighted by Crippen LogP contribution is 2.17. The highest BCUT2D eigenvalue weighted by molar-refractivity contribution is 9.10. The Bertz CT molecular complexity index is 496. The molecule has 0 aliphatic carbocycles. The van der Waals surface area contributed by atoms with Gasteiger partial charge in [0.15, 0.2) is 0 Å². The SMILES string of the molecule is CC(C)(C)OC(=O)/N=C(\c1cccc(Br)c1)C(F)F. The molecular weight excluding hydrogens is 320 g/mol. The molecule has 1 amide bonds. The monoisotopic (exact) mass is 333 g/mol. The van der Waals surface area contributed by atoms with Gasteiger partial charge >= 0.3 is 6.09 Å². The lowest BCUT2D eigenvalue weighted by Gasteiger charge is -2.17. The molecule has 1 aromatic carbocycles. The Morgan fingerprint density at radius 1 is 1.37 bits per heavy atom. The molecule has 0 N–H and O–H groups in total. The van der Waals surface area contributed by atoms with Crippen LogP contribution >= 0.6 is 15.9 Å². The smallest absolute Gasteiger partial charge is 0.434 e. The molecule has 19 heavy (non-hydrogen) atoms. The van der Waals surface area contributed by atoms with Crippen LogP contribution in [0.15, 0.2) is 33.7 Å². The standard InChI is InChI=1S/C13H14BrF2NO2/c1-13(2,3)19-12(18)17-10(11(15)16)8-5-4-6-9(14)7-8/h4-7,11H,1-3H3/b17-10+. The van der Waals surface area contributed by atoms with Gasteiger partial charge in [0, 0.05) is 10.0 Å². The Kier molecular flexibility index (Phi) is 5.17. The number of halogens is 3. The number of carbonyl (C=O) groups excluding carboxylic acids is 1. The number of amides is 1. The molecule has 0 aromatic heterocycles. The number of alkyl halides is 2. The maximum atomic E-state index is 13.0. The van der Waals surface area contributed by atoms with Crippen LogP contribution < -0.4 is 0 Å². The van der Waals surface area contributed by atoms with Crippen LogP contribution in [0.5, 0.6) is 0 Å². The molecule has 0 saturated heterocycles. The third-order valence-electron chi connectivity index (χ3n) is 1.93. The highest BCUT2D eigenvalue weighted by atomic mass is 79.9. The molecule has 0 atom stereocenters. The van der Waals surface area contributed by atoms with Gasteiger partial charge in [-0.15, -0.1) is 0 Å². The molecule has 0 bridgehead atoms. The third kappa shape index (κ3) is 5.46. The zero-order valence-corrected chi connectivity index (χ0v) is 12.4. The lowest BCUT2D eigenvalue weighted by molar-refractivity contribution is 0.0600. The van der Waals surface area contributed by atoms with Gasteiger partial charge in [0.05, 0.1) is 0 Å². The third-order valence-corrected chi connectivity index (χ3v) is 2.43. The summed E-state index contributed by atoms with van der Waals surface area (Å²) < 4.78 is 31.4. The molecule has 0 unspecified atom stereocenters. The number of carbonyl (C=O) groups is 1. The molecular formula is C13H14BrF2NO2. The van der Waals surface area contributed by atoms with Gasteiger partial charge in [-0.3, -0.25) is 0 Å². The Morgan fingerprint density at radius 3 is 2.47 bits per heavy atom. The molecule has 3 nitrogen and oxygen atoms in total. The summed E-state index contributed by atoms with van der Waals surface area (Å²) in [6.07, 6.45) is -3.88. The average molecular weight is 334 g/mol. The second kappa shape index (κ2) is 6.23. The van der Waals surface area contributed by atoms with Crippen LogP contribution in [0, 0.1) is 0 Å². The van der Waals surface area contributed by atoms with E-state index in [1.807, 2.05) is 0 Å². The van der Waals surface area contributed by atoms with Gasteiger partial charge < -0.3 is 4.74 Å². The van der Waals surface area contributed by atoms with E-state index in [1.54, 1.807) is 32.9 Å². The predicted octanol–water partition coefficient (Wildman–Crippen LogP) is 4.44. The van der Waals surface area contributed by atoms with E-state index >= 15 is 0 Å². The molecule has 0 aliphatic heterocycles. The number of aliphatic imine (C=N–C) groups is 1. The van der Waals surface area contributed by atoms with Gasteiger partial charge in [-0.1, -0.05) is 28.1 Å². The summed E-state index contributed by atoms with van der Waals surface area (Å²) in [6.45, 7) is 4.92. The van der Waals surface area contributed by atoms with Crippen molar-refractivity contribution in [2.45, 2.75) is 32.8 Å². The Labute approximate surface area is 118 Å². The van der Waals surface area contributed by atoms with Crippen LogP contribution in [-0.2, 0) is 4.74 Å². The number of nitrogens with zero attached hydrogens (tertiary/aromatic N) is 1. The van der Waals surface area contributed by atoms with Gasteiger partial charge in [-0.05, 0) is 32.9 Å². The number of benzene rings is 1. The van der Waals surface area contributed by atoms with Gasteiger partial charge in [0.2, 0.25) is 0 Å². The molecule has 0 heterocycles. The molecule has 1 rings (SSSR count). The summed E-state index contributed by atoms with van der Waals surface area (Å²) in [5.41, 5.74) is -1.20. The molecule has 0 saturated carbocycles. The normalized spacial score (nSPS) is 12.7. The minimum Gasteiger partial charge on any atom is -0.442 e. The van der Waals surface area contributed by atoms with Crippen LogP contribution in [0.1, 0.15) is 26.3 Å². The lowest BCUT2D eigenvalue weighted by atomic mass is 10.1. The van der Waals surface area contributed by atoms with Crippen molar-refractivity contribution in [2.75, 3.05) is 0 Å². The van der Waals surface area contributed by atoms with Gasteiger partial charge in [-0.2, -0.15) is 4.99 Å². The fourth-order valence-electron chi connectivity index (χ4n) is 1.27. The Morgan fingerprint density at radius 2 is 2.00 bits per heavy atom. The van der Waals surface area contributed by atoms with Crippen molar-refractivity contribution in [3.05, 3.63) is 34.3 Å².